The molecule has 0 saturated carbocycles. The average molecular weight is 313 g/mol. The summed E-state index contributed by atoms with van der Waals surface area (Å²) in [6, 6.07) is 1.23. The van der Waals surface area contributed by atoms with Crippen LogP contribution in [-0.4, -0.2) is 36.2 Å². The second kappa shape index (κ2) is 6.43. The lowest BCUT2D eigenvalue weighted by Crippen LogP contribution is -2.28. The highest BCUT2D eigenvalue weighted by atomic mass is 35.5. The van der Waals surface area contributed by atoms with Crippen LogP contribution >= 0.6 is 11.6 Å². The first-order chi connectivity index (χ1) is 8.36. The molecular weight excluding hydrogens is 300 g/mol. The molecule has 1 heterocycles. The molecule has 0 amide bonds. The lowest BCUT2D eigenvalue weighted by Gasteiger charge is -2.07. The third-order valence-corrected chi connectivity index (χ3v) is 4.44. The topological polar surface area (TPSA) is 114 Å². The van der Waals surface area contributed by atoms with Crippen molar-refractivity contribution in [2.24, 2.45) is 5.84 Å². The number of anilines is 1. The number of hydrazine groups is 1. The van der Waals surface area contributed by atoms with Crippen LogP contribution in [0.25, 0.3) is 0 Å². The minimum Gasteiger partial charge on any atom is -0.307 e. The molecule has 1 aromatic rings. The van der Waals surface area contributed by atoms with Crippen LogP contribution in [0, 0.1) is 0 Å². The molecule has 10 heteroatoms. The predicted molar refractivity (Wildman–Crippen MR) is 71.2 cm³/mol. The largest absolute Gasteiger partial charge is 0.307 e. The van der Waals surface area contributed by atoms with Gasteiger partial charge in [-0.2, -0.15) is 0 Å². The fourth-order valence-electron chi connectivity index (χ4n) is 1.08. The van der Waals surface area contributed by atoms with Crippen molar-refractivity contribution < 1.29 is 12.6 Å². The SMILES string of the molecule is CS(=O)CCNS(=O)(=O)c1cnc(NN)c(Cl)c1. The van der Waals surface area contributed by atoms with Gasteiger partial charge in [-0.3, -0.25) is 4.21 Å². The zero-order valence-electron chi connectivity index (χ0n) is 9.51. The fourth-order valence-corrected chi connectivity index (χ4v) is 2.88. The van der Waals surface area contributed by atoms with Gasteiger partial charge in [-0.15, -0.1) is 0 Å². The number of hydrogen-bond donors (Lipinski definition) is 3. The zero-order chi connectivity index (χ0) is 13.8. The van der Waals surface area contributed by atoms with E-state index in [-0.39, 0.29) is 28.0 Å². The van der Waals surface area contributed by atoms with Crippen molar-refractivity contribution in [2.45, 2.75) is 4.90 Å². The maximum absolute atomic E-state index is 11.8. The number of nitrogens with zero attached hydrogens (tertiary/aromatic N) is 1. The maximum Gasteiger partial charge on any atom is 0.242 e. The Hall–Kier alpha value is -0.740. The Balaban J connectivity index is 2.85. The summed E-state index contributed by atoms with van der Waals surface area (Å²) in [6.45, 7) is 0.0833. The number of nitrogens with one attached hydrogen (secondary N) is 2. The van der Waals surface area contributed by atoms with Gasteiger partial charge in [-0.25, -0.2) is 24.0 Å². The molecule has 0 aliphatic carbocycles. The monoisotopic (exact) mass is 312 g/mol. The molecule has 0 spiro atoms. The third kappa shape index (κ3) is 4.18. The van der Waals surface area contributed by atoms with Crippen LogP contribution < -0.4 is 16.0 Å². The van der Waals surface area contributed by atoms with Crippen molar-refractivity contribution in [3.8, 4) is 0 Å². The van der Waals surface area contributed by atoms with Gasteiger partial charge in [0.25, 0.3) is 0 Å². The van der Waals surface area contributed by atoms with E-state index in [4.69, 9.17) is 17.4 Å². The first-order valence-electron chi connectivity index (χ1n) is 4.78. The summed E-state index contributed by atoms with van der Waals surface area (Å²) in [5, 5.41) is 0.0967. The first kappa shape index (κ1) is 15.3. The summed E-state index contributed by atoms with van der Waals surface area (Å²) < 4.78 is 36.7. The van der Waals surface area contributed by atoms with Crippen molar-refractivity contribution in [1.29, 1.82) is 0 Å². The zero-order valence-corrected chi connectivity index (χ0v) is 11.9. The minimum atomic E-state index is -3.70. The van der Waals surface area contributed by atoms with Crippen LogP contribution in [0.1, 0.15) is 0 Å². The van der Waals surface area contributed by atoms with Gasteiger partial charge >= 0.3 is 0 Å². The number of nitrogens with two attached hydrogens (primary N) is 1. The van der Waals surface area contributed by atoms with E-state index in [0.29, 0.717) is 0 Å². The van der Waals surface area contributed by atoms with Crippen molar-refractivity contribution >= 4 is 38.2 Å². The minimum absolute atomic E-state index is 0.0756. The molecule has 1 atom stereocenters. The van der Waals surface area contributed by atoms with Crippen molar-refractivity contribution in [3.63, 3.8) is 0 Å². The number of aromatic nitrogens is 1. The molecule has 7 nitrogen and oxygen atoms in total. The Morgan fingerprint density at radius 1 is 1.56 bits per heavy atom. The van der Waals surface area contributed by atoms with Crippen molar-refractivity contribution in [1.82, 2.24) is 9.71 Å². The molecular formula is C8H13ClN4O3S2. The van der Waals surface area contributed by atoms with Gasteiger partial charge in [0.15, 0.2) is 5.82 Å². The van der Waals surface area contributed by atoms with Crippen molar-refractivity contribution in [3.05, 3.63) is 17.3 Å². The van der Waals surface area contributed by atoms with E-state index >= 15 is 0 Å². The summed E-state index contributed by atoms with van der Waals surface area (Å²) in [5.41, 5.74) is 2.23. The second-order valence-corrected chi connectivity index (χ2v) is 7.05. The van der Waals surface area contributed by atoms with Crippen LogP contribution in [0.5, 0.6) is 0 Å². The molecule has 4 N–H and O–H groups in total. The standard InChI is InChI=1S/C8H13ClN4O3S2/c1-17(14)3-2-12-18(15,16)6-4-7(9)8(13-10)11-5-6/h4-5,12H,2-3,10H2,1H3,(H,11,13). The molecule has 0 saturated heterocycles. The van der Waals surface area contributed by atoms with Crippen LogP contribution in [0.15, 0.2) is 17.2 Å². The Morgan fingerprint density at radius 2 is 2.22 bits per heavy atom. The maximum atomic E-state index is 11.8. The van der Waals surface area contributed by atoms with Crippen LogP contribution in [-0.2, 0) is 20.8 Å². The van der Waals surface area contributed by atoms with Crippen LogP contribution in [0.4, 0.5) is 5.82 Å². The van der Waals surface area contributed by atoms with Crippen LogP contribution in [0.3, 0.4) is 0 Å². The molecule has 102 valence electrons. The molecule has 0 radical (unpaired) electrons. The molecule has 1 aromatic heterocycles. The van der Waals surface area contributed by atoms with E-state index in [9.17, 15) is 12.6 Å². The second-order valence-electron chi connectivity index (χ2n) is 3.32. The molecule has 18 heavy (non-hydrogen) atoms. The Morgan fingerprint density at radius 3 is 2.72 bits per heavy atom. The molecule has 1 unspecified atom stereocenters. The van der Waals surface area contributed by atoms with Gasteiger partial charge in [0.1, 0.15) is 4.90 Å². The molecule has 0 fully saturated rings. The number of halogens is 1. The highest BCUT2D eigenvalue weighted by Gasteiger charge is 2.16. The summed E-state index contributed by atoms with van der Waals surface area (Å²) in [5.74, 6) is 5.55. The van der Waals surface area contributed by atoms with Gasteiger partial charge < -0.3 is 5.43 Å². The number of rotatable bonds is 6. The van der Waals surface area contributed by atoms with Gasteiger partial charge in [0.2, 0.25) is 10.0 Å². The number of nitrogen functional groups attached to an aromatic ring is 1. The highest BCUT2D eigenvalue weighted by Crippen LogP contribution is 2.21. The van der Waals surface area contributed by atoms with E-state index in [1.54, 1.807) is 0 Å². The number of hydrogen-bond acceptors (Lipinski definition) is 6. The molecule has 1 rings (SSSR count). The van der Waals surface area contributed by atoms with E-state index in [1.807, 2.05) is 0 Å². The van der Waals surface area contributed by atoms with Crippen molar-refractivity contribution in [2.75, 3.05) is 24.0 Å². The number of pyridine rings is 1. The Labute approximate surface area is 113 Å². The van der Waals surface area contributed by atoms with E-state index in [0.717, 1.165) is 6.20 Å². The summed E-state index contributed by atoms with van der Waals surface area (Å²) in [6.07, 6.45) is 2.63. The predicted octanol–water partition coefficient (Wildman–Crippen LogP) is -0.323. The van der Waals surface area contributed by atoms with E-state index in [2.05, 4.69) is 15.1 Å². The summed E-state index contributed by atoms with van der Waals surface area (Å²) in [4.78, 5) is 3.68. The normalized spacial score (nSPS) is 13.3. The van der Waals surface area contributed by atoms with E-state index < -0.39 is 20.8 Å². The fraction of sp³-hybridized carbons (Fsp3) is 0.375. The van der Waals surface area contributed by atoms with Gasteiger partial charge in [0, 0.05) is 35.5 Å². The highest BCUT2D eigenvalue weighted by molar-refractivity contribution is 7.89. The molecule has 0 bridgehead atoms. The quantitative estimate of drug-likeness (QED) is 0.490. The first-order valence-corrected chi connectivity index (χ1v) is 8.37. The molecule has 0 aliphatic rings. The van der Waals surface area contributed by atoms with Gasteiger partial charge in [-0.05, 0) is 6.07 Å². The van der Waals surface area contributed by atoms with E-state index in [1.165, 1.54) is 12.3 Å². The van der Waals surface area contributed by atoms with Gasteiger partial charge in [0.05, 0.1) is 5.02 Å². The van der Waals surface area contributed by atoms with Crippen LogP contribution in [0.2, 0.25) is 5.02 Å². The average Bonchev–Trinajstić information content (AvgIpc) is 2.28. The Bertz CT molecular complexity index is 549. The molecule has 0 aliphatic heterocycles. The smallest absolute Gasteiger partial charge is 0.242 e. The summed E-state index contributed by atoms with van der Waals surface area (Å²) >= 11 is 5.77. The Kier molecular flexibility index (Phi) is 5.47. The lowest BCUT2D eigenvalue weighted by molar-refractivity contribution is 0.583. The number of sulfonamides is 1. The lowest BCUT2D eigenvalue weighted by atomic mass is 10.5. The van der Waals surface area contributed by atoms with Gasteiger partial charge in [-0.1, -0.05) is 11.6 Å². The summed E-state index contributed by atoms with van der Waals surface area (Å²) in [7, 11) is -4.76. The molecule has 0 aromatic carbocycles. The third-order valence-electron chi connectivity index (χ3n) is 1.94.